The Kier molecular flexibility index (Phi) is 2.80. The standard InChI is InChI=1S/C10H12N2OS/c1-7-12-9(6-14-7)10-8(5-11)3-2-4-13-10/h6,8,10H,2-4H2,1H3. The van der Waals surface area contributed by atoms with E-state index in [0.29, 0.717) is 0 Å². The number of thiazole rings is 1. The van der Waals surface area contributed by atoms with Gasteiger partial charge >= 0.3 is 0 Å². The van der Waals surface area contributed by atoms with Gasteiger partial charge in [-0.15, -0.1) is 11.3 Å². The Hall–Kier alpha value is -0.920. The second-order valence-electron chi connectivity index (χ2n) is 3.46. The fraction of sp³-hybridized carbons (Fsp3) is 0.600. The molecule has 0 aliphatic carbocycles. The molecule has 14 heavy (non-hydrogen) atoms. The largest absolute Gasteiger partial charge is 0.371 e. The lowest BCUT2D eigenvalue weighted by molar-refractivity contribution is -0.0124. The molecule has 0 saturated carbocycles. The first-order valence-electron chi connectivity index (χ1n) is 4.74. The molecule has 1 aliphatic rings. The van der Waals surface area contributed by atoms with Crippen LogP contribution in [0.4, 0.5) is 0 Å². The van der Waals surface area contributed by atoms with Crippen molar-refractivity contribution in [3.05, 3.63) is 16.1 Å². The van der Waals surface area contributed by atoms with Crippen LogP contribution >= 0.6 is 11.3 Å². The third-order valence-corrected chi connectivity index (χ3v) is 3.21. The van der Waals surface area contributed by atoms with Crippen LogP contribution in [0.15, 0.2) is 5.38 Å². The predicted octanol–water partition coefficient (Wildman–Crippen LogP) is 2.44. The minimum atomic E-state index is -0.0984. The van der Waals surface area contributed by atoms with E-state index in [4.69, 9.17) is 10.00 Å². The molecule has 0 bridgehead atoms. The summed E-state index contributed by atoms with van der Waals surface area (Å²) in [5.74, 6) is -0.0229. The van der Waals surface area contributed by atoms with E-state index in [9.17, 15) is 0 Å². The zero-order chi connectivity index (χ0) is 9.97. The highest BCUT2D eigenvalue weighted by atomic mass is 32.1. The van der Waals surface area contributed by atoms with Crippen molar-refractivity contribution in [2.45, 2.75) is 25.9 Å². The highest BCUT2D eigenvalue weighted by Gasteiger charge is 2.28. The molecular weight excluding hydrogens is 196 g/mol. The predicted molar refractivity (Wildman–Crippen MR) is 53.9 cm³/mol. The molecule has 2 atom stereocenters. The summed E-state index contributed by atoms with van der Waals surface area (Å²) in [7, 11) is 0. The van der Waals surface area contributed by atoms with E-state index in [-0.39, 0.29) is 12.0 Å². The van der Waals surface area contributed by atoms with E-state index in [1.54, 1.807) is 11.3 Å². The number of rotatable bonds is 1. The lowest BCUT2D eigenvalue weighted by Crippen LogP contribution is -2.21. The quantitative estimate of drug-likeness (QED) is 0.712. The molecule has 1 aliphatic heterocycles. The monoisotopic (exact) mass is 208 g/mol. The summed E-state index contributed by atoms with van der Waals surface area (Å²) in [6.45, 7) is 2.72. The Morgan fingerprint density at radius 2 is 2.57 bits per heavy atom. The number of hydrogen-bond donors (Lipinski definition) is 0. The van der Waals surface area contributed by atoms with Crippen molar-refractivity contribution in [2.24, 2.45) is 5.92 Å². The van der Waals surface area contributed by atoms with Gasteiger partial charge in [0.1, 0.15) is 6.10 Å². The van der Waals surface area contributed by atoms with Gasteiger partial charge in [0.25, 0.3) is 0 Å². The van der Waals surface area contributed by atoms with Crippen LogP contribution < -0.4 is 0 Å². The SMILES string of the molecule is Cc1nc(C2OCCCC2C#N)cs1. The van der Waals surface area contributed by atoms with E-state index in [1.165, 1.54) is 0 Å². The fourth-order valence-corrected chi connectivity index (χ4v) is 2.35. The van der Waals surface area contributed by atoms with Gasteiger partial charge < -0.3 is 4.74 Å². The molecule has 1 aromatic heterocycles. The van der Waals surface area contributed by atoms with Gasteiger partial charge in [0, 0.05) is 12.0 Å². The molecule has 2 unspecified atom stereocenters. The first kappa shape index (κ1) is 9.63. The highest BCUT2D eigenvalue weighted by molar-refractivity contribution is 7.09. The summed E-state index contributed by atoms with van der Waals surface area (Å²) >= 11 is 1.61. The number of aryl methyl sites for hydroxylation is 1. The third-order valence-electron chi connectivity index (χ3n) is 2.42. The molecule has 4 heteroatoms. The minimum absolute atomic E-state index is 0.0229. The van der Waals surface area contributed by atoms with Crippen molar-refractivity contribution in [1.82, 2.24) is 4.98 Å². The van der Waals surface area contributed by atoms with Crippen LogP contribution in [0.2, 0.25) is 0 Å². The smallest absolute Gasteiger partial charge is 0.116 e. The molecule has 0 radical (unpaired) electrons. The molecule has 1 saturated heterocycles. The van der Waals surface area contributed by atoms with E-state index >= 15 is 0 Å². The zero-order valence-electron chi connectivity index (χ0n) is 8.06. The lowest BCUT2D eigenvalue weighted by Gasteiger charge is -2.25. The maximum absolute atomic E-state index is 8.98. The highest BCUT2D eigenvalue weighted by Crippen LogP contribution is 2.33. The van der Waals surface area contributed by atoms with Crippen molar-refractivity contribution in [1.29, 1.82) is 5.26 Å². The average Bonchev–Trinajstić information content (AvgIpc) is 2.65. The van der Waals surface area contributed by atoms with E-state index < -0.39 is 0 Å². The van der Waals surface area contributed by atoms with E-state index in [1.807, 2.05) is 12.3 Å². The van der Waals surface area contributed by atoms with Gasteiger partial charge in [-0.1, -0.05) is 0 Å². The van der Waals surface area contributed by atoms with Crippen LogP contribution in [0.25, 0.3) is 0 Å². The Bertz CT molecular complexity index is 355. The molecule has 3 nitrogen and oxygen atoms in total. The summed E-state index contributed by atoms with van der Waals surface area (Å²) in [6, 6.07) is 2.30. The summed E-state index contributed by atoms with van der Waals surface area (Å²) in [6.07, 6.45) is 1.81. The second-order valence-corrected chi connectivity index (χ2v) is 4.52. The van der Waals surface area contributed by atoms with Crippen LogP contribution in [0.3, 0.4) is 0 Å². The van der Waals surface area contributed by atoms with Gasteiger partial charge in [0.05, 0.1) is 22.7 Å². The fourth-order valence-electron chi connectivity index (χ4n) is 1.72. The molecule has 0 N–H and O–H groups in total. The van der Waals surface area contributed by atoms with Gasteiger partial charge in [-0.2, -0.15) is 5.26 Å². The molecule has 0 spiro atoms. The number of hydrogen-bond acceptors (Lipinski definition) is 4. The molecule has 0 amide bonds. The van der Waals surface area contributed by atoms with Gasteiger partial charge in [-0.05, 0) is 19.8 Å². The average molecular weight is 208 g/mol. The number of nitriles is 1. The Morgan fingerprint density at radius 3 is 3.21 bits per heavy atom. The van der Waals surface area contributed by atoms with Crippen LogP contribution in [0, 0.1) is 24.2 Å². The molecule has 74 valence electrons. The van der Waals surface area contributed by atoms with Gasteiger partial charge in [0.2, 0.25) is 0 Å². The molecule has 2 heterocycles. The summed E-state index contributed by atoms with van der Waals surface area (Å²) in [5, 5.41) is 12.0. The Labute approximate surface area is 87.3 Å². The Morgan fingerprint density at radius 1 is 1.71 bits per heavy atom. The first-order valence-corrected chi connectivity index (χ1v) is 5.62. The van der Waals surface area contributed by atoms with E-state index in [2.05, 4.69) is 11.1 Å². The summed E-state index contributed by atoms with van der Waals surface area (Å²) < 4.78 is 5.60. The van der Waals surface area contributed by atoms with Crippen molar-refractivity contribution in [2.75, 3.05) is 6.61 Å². The van der Waals surface area contributed by atoms with Crippen molar-refractivity contribution < 1.29 is 4.74 Å². The molecule has 0 aromatic carbocycles. The lowest BCUT2D eigenvalue weighted by atomic mass is 9.94. The van der Waals surface area contributed by atoms with Crippen molar-refractivity contribution in [3.63, 3.8) is 0 Å². The molecular formula is C10H12N2OS. The zero-order valence-corrected chi connectivity index (χ0v) is 8.88. The van der Waals surface area contributed by atoms with Gasteiger partial charge in [-0.25, -0.2) is 4.98 Å². The number of ether oxygens (including phenoxy) is 1. The Balaban J connectivity index is 2.19. The summed E-state index contributed by atoms with van der Waals surface area (Å²) in [4.78, 5) is 4.37. The van der Waals surface area contributed by atoms with E-state index in [0.717, 1.165) is 30.2 Å². The molecule has 1 fully saturated rings. The number of nitrogens with zero attached hydrogens (tertiary/aromatic N) is 2. The maximum atomic E-state index is 8.98. The number of aromatic nitrogens is 1. The van der Waals surface area contributed by atoms with Crippen LogP contribution in [-0.4, -0.2) is 11.6 Å². The van der Waals surface area contributed by atoms with Gasteiger partial charge in [-0.3, -0.25) is 0 Å². The van der Waals surface area contributed by atoms with Gasteiger partial charge in [0.15, 0.2) is 0 Å². The topological polar surface area (TPSA) is 45.9 Å². The minimum Gasteiger partial charge on any atom is -0.371 e. The third kappa shape index (κ3) is 1.79. The second kappa shape index (κ2) is 4.07. The van der Waals surface area contributed by atoms with Crippen molar-refractivity contribution >= 4 is 11.3 Å². The van der Waals surface area contributed by atoms with Crippen LogP contribution in [-0.2, 0) is 4.74 Å². The van der Waals surface area contributed by atoms with Crippen LogP contribution in [0.1, 0.15) is 29.6 Å². The molecule has 2 rings (SSSR count). The van der Waals surface area contributed by atoms with Crippen LogP contribution in [0.5, 0.6) is 0 Å². The normalized spacial score (nSPS) is 27.1. The maximum Gasteiger partial charge on any atom is 0.116 e. The van der Waals surface area contributed by atoms with Crippen molar-refractivity contribution in [3.8, 4) is 6.07 Å². The first-order chi connectivity index (χ1) is 6.81. The molecule has 1 aromatic rings. The summed E-state index contributed by atoms with van der Waals surface area (Å²) in [5.41, 5.74) is 0.929.